The number of hydrogen-bond acceptors (Lipinski definition) is 1. The number of hydrogen-bond donors (Lipinski definition) is 1. The molecule has 0 saturated carbocycles. The minimum atomic E-state index is 0.316. The van der Waals surface area contributed by atoms with Crippen molar-refractivity contribution in [3.05, 3.63) is 58.1 Å². The minimum absolute atomic E-state index is 0.316. The van der Waals surface area contributed by atoms with E-state index in [1.807, 2.05) is 25.2 Å². The monoisotopic (exact) mass is 279 g/mol. The summed E-state index contributed by atoms with van der Waals surface area (Å²) in [7, 11) is 1.95. The lowest BCUT2D eigenvalue weighted by atomic mass is 10.0. The lowest BCUT2D eigenvalue weighted by Crippen LogP contribution is -2.12. The largest absolute Gasteiger partial charge is 0.313 e. The van der Waals surface area contributed by atoms with Crippen LogP contribution in [0.5, 0.6) is 0 Å². The van der Waals surface area contributed by atoms with Crippen LogP contribution in [-0.2, 0) is 0 Å². The summed E-state index contributed by atoms with van der Waals surface area (Å²) >= 11 is 12.1. The zero-order valence-electron chi connectivity index (χ0n) is 10.4. The predicted molar refractivity (Wildman–Crippen MR) is 79.4 cm³/mol. The molecule has 3 heteroatoms. The third-order valence-electron chi connectivity index (χ3n) is 3.06. The van der Waals surface area contributed by atoms with Gasteiger partial charge in [0.2, 0.25) is 0 Å². The van der Waals surface area contributed by atoms with Gasteiger partial charge in [-0.3, -0.25) is 0 Å². The number of benzene rings is 2. The molecule has 1 unspecified atom stereocenters. The average molecular weight is 280 g/mol. The Kier molecular flexibility index (Phi) is 4.28. The molecule has 0 saturated heterocycles. The highest BCUT2D eigenvalue weighted by Crippen LogP contribution is 2.31. The van der Waals surface area contributed by atoms with Gasteiger partial charge in [0.05, 0.1) is 0 Å². The molecule has 0 spiro atoms. The average Bonchev–Trinajstić information content (AvgIpc) is 2.38. The molecule has 1 atom stereocenters. The van der Waals surface area contributed by atoms with Gasteiger partial charge in [0.25, 0.3) is 0 Å². The van der Waals surface area contributed by atoms with Crippen LogP contribution in [-0.4, -0.2) is 7.05 Å². The van der Waals surface area contributed by atoms with E-state index in [1.54, 1.807) is 6.07 Å². The molecule has 0 heterocycles. The van der Waals surface area contributed by atoms with Crippen molar-refractivity contribution in [1.82, 2.24) is 5.32 Å². The van der Waals surface area contributed by atoms with Crippen LogP contribution in [0.2, 0.25) is 10.0 Å². The quantitative estimate of drug-likeness (QED) is 0.839. The standard InChI is InChI=1S/C15H15Cl2N/c1-10(18-2)11-4-3-5-12(8-11)14-7-6-13(16)9-15(14)17/h3-10,18H,1-2H3. The Hall–Kier alpha value is -1.02. The molecule has 0 bridgehead atoms. The Labute approximate surface area is 118 Å². The first-order valence-electron chi connectivity index (χ1n) is 5.84. The molecular weight excluding hydrogens is 265 g/mol. The van der Waals surface area contributed by atoms with Crippen LogP contribution < -0.4 is 5.32 Å². The minimum Gasteiger partial charge on any atom is -0.313 e. The van der Waals surface area contributed by atoms with Crippen LogP contribution in [0.1, 0.15) is 18.5 Å². The maximum absolute atomic E-state index is 6.23. The van der Waals surface area contributed by atoms with Crippen molar-refractivity contribution >= 4 is 23.2 Å². The van der Waals surface area contributed by atoms with Crippen LogP contribution in [0.3, 0.4) is 0 Å². The van der Waals surface area contributed by atoms with Gasteiger partial charge in [-0.05, 0) is 43.3 Å². The van der Waals surface area contributed by atoms with Gasteiger partial charge in [0.1, 0.15) is 0 Å². The SMILES string of the molecule is CNC(C)c1cccc(-c2ccc(Cl)cc2Cl)c1. The van der Waals surface area contributed by atoms with Crippen molar-refractivity contribution in [2.75, 3.05) is 7.05 Å². The highest BCUT2D eigenvalue weighted by atomic mass is 35.5. The molecule has 0 aliphatic carbocycles. The molecular formula is C15H15Cl2N. The number of halogens is 2. The highest BCUT2D eigenvalue weighted by Gasteiger charge is 2.07. The molecule has 1 nitrogen and oxygen atoms in total. The van der Waals surface area contributed by atoms with Gasteiger partial charge in [0, 0.05) is 21.7 Å². The Bertz CT molecular complexity index is 552. The fraction of sp³-hybridized carbons (Fsp3) is 0.200. The van der Waals surface area contributed by atoms with Gasteiger partial charge in [0.15, 0.2) is 0 Å². The van der Waals surface area contributed by atoms with Gasteiger partial charge >= 0.3 is 0 Å². The van der Waals surface area contributed by atoms with Crippen molar-refractivity contribution in [3.63, 3.8) is 0 Å². The second-order valence-electron chi connectivity index (χ2n) is 4.26. The van der Waals surface area contributed by atoms with Crippen molar-refractivity contribution in [1.29, 1.82) is 0 Å². The molecule has 0 aromatic heterocycles. The number of nitrogens with one attached hydrogen (secondary N) is 1. The molecule has 0 aliphatic rings. The Morgan fingerprint density at radius 2 is 1.83 bits per heavy atom. The maximum Gasteiger partial charge on any atom is 0.0499 e. The molecule has 0 amide bonds. The molecule has 18 heavy (non-hydrogen) atoms. The van der Waals surface area contributed by atoms with Crippen molar-refractivity contribution in [2.24, 2.45) is 0 Å². The van der Waals surface area contributed by atoms with Crippen LogP contribution in [0, 0.1) is 0 Å². The molecule has 0 radical (unpaired) electrons. The van der Waals surface area contributed by atoms with Crippen molar-refractivity contribution < 1.29 is 0 Å². The van der Waals surface area contributed by atoms with E-state index >= 15 is 0 Å². The summed E-state index contributed by atoms with van der Waals surface area (Å²) in [5, 5.41) is 4.56. The topological polar surface area (TPSA) is 12.0 Å². The molecule has 0 fully saturated rings. The van der Waals surface area contributed by atoms with E-state index in [-0.39, 0.29) is 0 Å². The Morgan fingerprint density at radius 1 is 1.06 bits per heavy atom. The fourth-order valence-electron chi connectivity index (χ4n) is 1.87. The molecule has 2 aromatic rings. The summed E-state index contributed by atoms with van der Waals surface area (Å²) < 4.78 is 0. The van der Waals surface area contributed by atoms with E-state index in [1.165, 1.54) is 5.56 Å². The fourth-order valence-corrected chi connectivity index (χ4v) is 2.38. The van der Waals surface area contributed by atoms with Gasteiger partial charge < -0.3 is 5.32 Å². The molecule has 0 aliphatic heterocycles. The summed E-state index contributed by atoms with van der Waals surface area (Å²) in [5.41, 5.74) is 3.35. The van der Waals surface area contributed by atoms with Crippen molar-refractivity contribution in [3.8, 4) is 11.1 Å². The lowest BCUT2D eigenvalue weighted by Gasteiger charge is -2.13. The Balaban J connectivity index is 2.44. The van der Waals surface area contributed by atoms with Gasteiger partial charge in [-0.1, -0.05) is 47.5 Å². The van der Waals surface area contributed by atoms with E-state index in [4.69, 9.17) is 23.2 Å². The van der Waals surface area contributed by atoms with E-state index in [0.29, 0.717) is 16.1 Å². The van der Waals surface area contributed by atoms with E-state index in [9.17, 15) is 0 Å². The lowest BCUT2D eigenvalue weighted by molar-refractivity contribution is 0.652. The zero-order valence-corrected chi connectivity index (χ0v) is 11.9. The van der Waals surface area contributed by atoms with Crippen LogP contribution in [0.15, 0.2) is 42.5 Å². The van der Waals surface area contributed by atoms with E-state index in [2.05, 4.69) is 30.4 Å². The summed E-state index contributed by atoms with van der Waals surface area (Å²) in [6.07, 6.45) is 0. The first-order chi connectivity index (χ1) is 8.61. The van der Waals surface area contributed by atoms with E-state index in [0.717, 1.165) is 11.1 Å². The third-order valence-corrected chi connectivity index (χ3v) is 3.61. The second-order valence-corrected chi connectivity index (χ2v) is 5.10. The van der Waals surface area contributed by atoms with E-state index < -0.39 is 0 Å². The first-order valence-corrected chi connectivity index (χ1v) is 6.60. The Morgan fingerprint density at radius 3 is 2.50 bits per heavy atom. The van der Waals surface area contributed by atoms with Gasteiger partial charge in [-0.2, -0.15) is 0 Å². The summed E-state index contributed by atoms with van der Waals surface area (Å²) in [5.74, 6) is 0. The van der Waals surface area contributed by atoms with Crippen LogP contribution >= 0.6 is 23.2 Å². The molecule has 2 aromatic carbocycles. The van der Waals surface area contributed by atoms with Crippen molar-refractivity contribution in [2.45, 2.75) is 13.0 Å². The van der Waals surface area contributed by atoms with Crippen LogP contribution in [0.25, 0.3) is 11.1 Å². The highest BCUT2D eigenvalue weighted by molar-refractivity contribution is 6.36. The van der Waals surface area contributed by atoms with Gasteiger partial charge in [-0.15, -0.1) is 0 Å². The van der Waals surface area contributed by atoms with Crippen LogP contribution in [0.4, 0.5) is 0 Å². The second kappa shape index (κ2) is 5.75. The first kappa shape index (κ1) is 13.4. The summed E-state index contributed by atoms with van der Waals surface area (Å²) in [4.78, 5) is 0. The molecule has 1 N–H and O–H groups in total. The zero-order chi connectivity index (χ0) is 13.1. The molecule has 2 rings (SSSR count). The maximum atomic E-state index is 6.23. The predicted octanol–water partition coefficient (Wildman–Crippen LogP) is 4.94. The number of rotatable bonds is 3. The summed E-state index contributed by atoms with van der Waals surface area (Å²) in [6, 6.07) is 14.3. The normalized spacial score (nSPS) is 12.4. The summed E-state index contributed by atoms with van der Waals surface area (Å²) in [6.45, 7) is 2.13. The smallest absolute Gasteiger partial charge is 0.0499 e. The van der Waals surface area contributed by atoms with Gasteiger partial charge in [-0.25, -0.2) is 0 Å². The third kappa shape index (κ3) is 2.86. The molecule has 94 valence electrons.